The van der Waals surface area contributed by atoms with Crippen molar-refractivity contribution in [1.29, 1.82) is 0 Å². The van der Waals surface area contributed by atoms with Gasteiger partial charge in [0.25, 0.3) is 0 Å². The van der Waals surface area contributed by atoms with Crippen molar-refractivity contribution in [3.05, 3.63) is 191 Å². The molecule has 0 aliphatic heterocycles. The highest BCUT2D eigenvalue weighted by molar-refractivity contribution is 5.98. The number of pyridine rings is 1. The van der Waals surface area contributed by atoms with Gasteiger partial charge in [0, 0.05) is 22.8 Å². The van der Waals surface area contributed by atoms with Gasteiger partial charge in [0.15, 0.2) is 0 Å². The minimum atomic E-state index is -2.55. The first-order chi connectivity index (χ1) is 31.5. The molecule has 0 aliphatic rings. The lowest BCUT2D eigenvalue weighted by Gasteiger charge is -2.21. The maximum absolute atomic E-state index is 11.8. The Hall–Kier alpha value is -7.04. The Morgan fingerprint density at radius 1 is 0.565 bits per heavy atom. The Morgan fingerprint density at radius 2 is 1.27 bits per heavy atom. The maximum atomic E-state index is 11.8. The molecule has 4 nitrogen and oxygen atoms in total. The van der Waals surface area contributed by atoms with E-state index in [1.807, 2.05) is 111 Å². The van der Waals surface area contributed by atoms with Crippen LogP contribution in [0.5, 0.6) is 5.75 Å². The van der Waals surface area contributed by atoms with Crippen molar-refractivity contribution in [2.45, 2.75) is 67.1 Å². The third kappa shape index (κ3) is 7.51. The van der Waals surface area contributed by atoms with Crippen molar-refractivity contribution in [1.82, 2.24) is 14.5 Å². The molecule has 0 saturated carbocycles. The minimum absolute atomic E-state index is 0.0758. The fraction of sp³-hybridized carbons (Fsp3) is 0.172. The second-order valence-electron chi connectivity index (χ2n) is 17.0. The summed E-state index contributed by atoms with van der Waals surface area (Å²) in [6, 6.07) is 50.9. The van der Waals surface area contributed by atoms with Crippen LogP contribution in [0.3, 0.4) is 0 Å². The van der Waals surface area contributed by atoms with Crippen molar-refractivity contribution in [2.24, 2.45) is 0 Å². The van der Waals surface area contributed by atoms with E-state index < -0.39 is 12.7 Å². The predicted octanol–water partition coefficient (Wildman–Crippen LogP) is 15.6. The number of fused-ring (bicyclic) bond motifs is 1. The largest absolute Gasteiger partial charge is 0.507 e. The second kappa shape index (κ2) is 16.4. The van der Waals surface area contributed by atoms with E-state index in [4.69, 9.17) is 15.5 Å². The summed E-state index contributed by atoms with van der Waals surface area (Å²) in [6.07, 6.45) is 1.86. The fourth-order valence-electron chi connectivity index (χ4n) is 8.81. The van der Waals surface area contributed by atoms with Crippen molar-refractivity contribution in [3.63, 3.8) is 0 Å². The third-order valence-electron chi connectivity index (χ3n) is 11.9. The standard InChI is InChI=1S/C58H53N3O/c1-35(2)48-16-12-17-49(36(3)4)55(48)44-24-25-53(39(7)30-44)61-54-19-13-18-50(56(54)60-58(61)51-29-38(6)28-40(8)57(51)62)46-31-45(41-14-10-9-11-15-41)32-47(33-46)52-34-43(26-27-59-52)42-22-20-37(5)21-23-42/h9-36,62H,1-8H3/i7D3,35D. The highest BCUT2D eigenvalue weighted by atomic mass is 16.3. The van der Waals surface area contributed by atoms with Crippen LogP contribution in [0.15, 0.2) is 158 Å². The Labute approximate surface area is 371 Å². The summed E-state index contributed by atoms with van der Waals surface area (Å²) in [5, 5.41) is 11.8. The predicted molar refractivity (Wildman–Crippen MR) is 260 cm³/mol. The fourth-order valence-corrected chi connectivity index (χ4v) is 8.81. The first kappa shape index (κ1) is 35.7. The van der Waals surface area contributed by atoms with Gasteiger partial charge in [0.2, 0.25) is 0 Å². The Morgan fingerprint density at radius 3 is 2.03 bits per heavy atom. The van der Waals surface area contributed by atoms with Crippen LogP contribution in [0.1, 0.15) is 78.4 Å². The van der Waals surface area contributed by atoms with Crippen molar-refractivity contribution >= 4 is 11.0 Å². The molecular formula is C58H53N3O. The second-order valence-corrected chi connectivity index (χ2v) is 17.0. The van der Waals surface area contributed by atoms with E-state index in [0.717, 1.165) is 72.5 Å². The van der Waals surface area contributed by atoms with Crippen LogP contribution in [0.4, 0.5) is 0 Å². The summed E-state index contributed by atoms with van der Waals surface area (Å²) in [5.41, 5.74) is 16.4. The Bertz CT molecular complexity index is 3290. The number of benzene rings is 7. The molecule has 0 aliphatic carbocycles. The summed E-state index contributed by atoms with van der Waals surface area (Å²) >= 11 is 0. The van der Waals surface area contributed by atoms with E-state index >= 15 is 0 Å². The molecule has 9 rings (SSSR count). The first-order valence-corrected chi connectivity index (χ1v) is 21.3. The van der Waals surface area contributed by atoms with Gasteiger partial charge < -0.3 is 5.11 Å². The molecule has 0 saturated heterocycles. The highest BCUT2D eigenvalue weighted by Gasteiger charge is 2.24. The minimum Gasteiger partial charge on any atom is -0.507 e. The molecule has 62 heavy (non-hydrogen) atoms. The number of para-hydroxylation sites is 1. The molecule has 7 aromatic carbocycles. The summed E-state index contributed by atoms with van der Waals surface area (Å²) in [7, 11) is 0. The zero-order valence-corrected chi connectivity index (χ0v) is 36.4. The zero-order chi connectivity index (χ0) is 46.7. The summed E-state index contributed by atoms with van der Waals surface area (Å²) < 4.78 is 38.2. The number of rotatable bonds is 9. The van der Waals surface area contributed by atoms with Crippen LogP contribution in [0.2, 0.25) is 0 Å². The van der Waals surface area contributed by atoms with Gasteiger partial charge in [-0.1, -0.05) is 130 Å². The zero-order valence-electron chi connectivity index (χ0n) is 40.4. The van der Waals surface area contributed by atoms with Gasteiger partial charge in [-0.2, -0.15) is 0 Å². The van der Waals surface area contributed by atoms with Gasteiger partial charge in [-0.15, -0.1) is 0 Å². The molecule has 0 radical (unpaired) electrons. The SMILES string of the molecule is [2H]C([2H])([2H])c1cc(-c2c(C(C)C)cccc2C([2H])(C)C)ccc1-n1c(-c2cc(C)cc(C)c2O)nc2c(-c3cc(-c4ccccc4)cc(-c4cc(-c5ccc(C)cc5)ccn4)c3)cccc21. The molecule has 0 spiro atoms. The van der Waals surface area contributed by atoms with E-state index in [0.29, 0.717) is 33.7 Å². The molecule has 0 fully saturated rings. The molecule has 1 N–H and O–H groups in total. The lowest BCUT2D eigenvalue weighted by atomic mass is 9.84. The lowest BCUT2D eigenvalue weighted by Crippen LogP contribution is -2.03. The van der Waals surface area contributed by atoms with Gasteiger partial charge in [-0.05, 0) is 161 Å². The third-order valence-corrected chi connectivity index (χ3v) is 11.9. The normalized spacial score (nSPS) is 12.9. The van der Waals surface area contributed by atoms with Gasteiger partial charge in [-0.3, -0.25) is 9.55 Å². The highest BCUT2D eigenvalue weighted by Crippen LogP contribution is 2.43. The summed E-state index contributed by atoms with van der Waals surface area (Å²) in [6.45, 7) is 11.3. The average Bonchev–Trinajstić information content (AvgIpc) is 3.69. The quantitative estimate of drug-likeness (QED) is 0.158. The van der Waals surface area contributed by atoms with Crippen LogP contribution in [0.25, 0.3) is 83.9 Å². The summed E-state index contributed by atoms with van der Waals surface area (Å²) in [4.78, 5) is 10.3. The maximum Gasteiger partial charge on any atom is 0.149 e. The van der Waals surface area contributed by atoms with E-state index in [2.05, 4.69) is 93.6 Å². The van der Waals surface area contributed by atoms with Crippen LogP contribution >= 0.6 is 0 Å². The van der Waals surface area contributed by atoms with Crippen LogP contribution in [0, 0.1) is 27.6 Å². The van der Waals surface area contributed by atoms with Gasteiger partial charge in [-0.25, -0.2) is 4.98 Å². The number of imidazole rings is 1. The molecular weight excluding hydrogens is 755 g/mol. The van der Waals surface area contributed by atoms with Gasteiger partial charge in [0.05, 0.1) is 28.0 Å². The number of phenolic OH excluding ortho intramolecular Hbond substituents is 1. The molecule has 2 aromatic heterocycles. The monoisotopic (exact) mass is 811 g/mol. The summed E-state index contributed by atoms with van der Waals surface area (Å²) in [5.74, 6) is -0.321. The van der Waals surface area contributed by atoms with E-state index in [9.17, 15) is 5.11 Å². The molecule has 0 unspecified atom stereocenters. The lowest BCUT2D eigenvalue weighted by molar-refractivity contribution is 0.472. The molecule has 9 aromatic rings. The first-order valence-electron chi connectivity index (χ1n) is 23.3. The van der Waals surface area contributed by atoms with Gasteiger partial charge >= 0.3 is 0 Å². The Balaban J connectivity index is 1.32. The number of aryl methyl sites for hydroxylation is 4. The molecule has 0 amide bonds. The molecule has 2 heterocycles. The van der Waals surface area contributed by atoms with Crippen molar-refractivity contribution in [3.8, 4) is 78.6 Å². The van der Waals surface area contributed by atoms with Crippen LogP contribution in [-0.2, 0) is 0 Å². The van der Waals surface area contributed by atoms with Crippen LogP contribution < -0.4 is 0 Å². The van der Waals surface area contributed by atoms with E-state index in [1.54, 1.807) is 6.07 Å². The molecule has 306 valence electrons. The van der Waals surface area contributed by atoms with Gasteiger partial charge in [0.1, 0.15) is 11.6 Å². The Kier molecular flexibility index (Phi) is 9.46. The smallest absolute Gasteiger partial charge is 0.149 e. The number of phenols is 1. The molecule has 0 atom stereocenters. The van der Waals surface area contributed by atoms with Crippen molar-refractivity contribution in [2.75, 3.05) is 0 Å². The number of nitrogens with zero attached hydrogens (tertiary/aromatic N) is 3. The van der Waals surface area contributed by atoms with E-state index in [1.165, 1.54) is 5.56 Å². The number of hydrogen-bond donors (Lipinski definition) is 1. The number of aromatic nitrogens is 3. The molecule has 4 heteroatoms. The van der Waals surface area contributed by atoms with Crippen LogP contribution in [-0.4, -0.2) is 19.6 Å². The molecule has 0 bridgehead atoms. The average molecular weight is 812 g/mol. The van der Waals surface area contributed by atoms with E-state index in [-0.39, 0.29) is 17.2 Å². The number of aromatic hydroxyl groups is 1. The van der Waals surface area contributed by atoms with Crippen molar-refractivity contribution < 1.29 is 10.6 Å². The number of hydrogen-bond acceptors (Lipinski definition) is 3. The topological polar surface area (TPSA) is 50.9 Å².